The Hall–Kier alpha value is -0.590. The van der Waals surface area contributed by atoms with Gasteiger partial charge >= 0.3 is 0 Å². The van der Waals surface area contributed by atoms with Crippen molar-refractivity contribution in [2.24, 2.45) is 5.92 Å². The van der Waals surface area contributed by atoms with Crippen LogP contribution in [0.25, 0.3) is 0 Å². The number of hydrogen-bond acceptors (Lipinski definition) is 4. The van der Waals surface area contributed by atoms with E-state index in [1.54, 1.807) is 13.8 Å². The third-order valence-electron chi connectivity index (χ3n) is 3.71. The molecule has 0 amide bonds. The first-order chi connectivity index (χ1) is 8.84. The van der Waals surface area contributed by atoms with Crippen LogP contribution in [0.2, 0.25) is 0 Å². The van der Waals surface area contributed by atoms with E-state index >= 15 is 0 Å². The number of piperidine rings is 1. The Morgan fingerprint density at radius 2 is 1.95 bits per heavy atom. The topological polar surface area (TPSA) is 63.4 Å². The zero-order chi connectivity index (χ0) is 14.2. The lowest BCUT2D eigenvalue weighted by Gasteiger charge is -2.32. The molecule has 1 fully saturated rings. The van der Waals surface area contributed by atoms with Gasteiger partial charge in [0.15, 0.2) is 5.76 Å². The van der Waals surface area contributed by atoms with Crippen molar-refractivity contribution in [1.29, 1.82) is 0 Å². The van der Waals surface area contributed by atoms with E-state index in [9.17, 15) is 8.42 Å². The molecule has 1 aliphatic rings. The number of aryl methyl sites for hydroxylation is 2. The maximum absolute atomic E-state index is 12.6. The zero-order valence-electron chi connectivity index (χ0n) is 11.4. The molecule has 19 heavy (non-hydrogen) atoms. The van der Waals surface area contributed by atoms with Gasteiger partial charge in [0.05, 0.1) is 0 Å². The molecule has 0 spiro atoms. The van der Waals surface area contributed by atoms with E-state index in [4.69, 9.17) is 16.1 Å². The summed E-state index contributed by atoms with van der Waals surface area (Å²) in [6.45, 7) is 6.25. The summed E-state index contributed by atoms with van der Waals surface area (Å²) < 4.78 is 31.6. The summed E-state index contributed by atoms with van der Waals surface area (Å²) in [6.07, 6.45) is 1.60. The van der Waals surface area contributed by atoms with Crippen molar-refractivity contribution in [3.8, 4) is 0 Å². The molecule has 2 rings (SSSR count). The van der Waals surface area contributed by atoms with Crippen molar-refractivity contribution in [3.05, 3.63) is 11.5 Å². The van der Waals surface area contributed by atoms with Crippen LogP contribution in [0.1, 0.15) is 31.2 Å². The molecule has 1 saturated heterocycles. The van der Waals surface area contributed by atoms with Crippen molar-refractivity contribution in [1.82, 2.24) is 9.46 Å². The van der Waals surface area contributed by atoms with Gasteiger partial charge < -0.3 is 4.52 Å². The summed E-state index contributed by atoms with van der Waals surface area (Å²) in [7, 11) is -3.50. The first kappa shape index (κ1) is 14.8. The van der Waals surface area contributed by atoms with Crippen LogP contribution in [0, 0.1) is 19.8 Å². The van der Waals surface area contributed by atoms with Crippen LogP contribution in [0.3, 0.4) is 0 Å². The Morgan fingerprint density at radius 3 is 2.37 bits per heavy atom. The lowest BCUT2D eigenvalue weighted by atomic mass is 9.95. The van der Waals surface area contributed by atoms with Crippen LogP contribution in [0.5, 0.6) is 0 Å². The molecule has 5 nitrogen and oxygen atoms in total. The third-order valence-corrected chi connectivity index (χ3v) is 6.21. The van der Waals surface area contributed by atoms with Gasteiger partial charge in [0, 0.05) is 18.5 Å². The predicted molar refractivity (Wildman–Crippen MR) is 72.8 cm³/mol. The van der Waals surface area contributed by atoms with E-state index < -0.39 is 10.0 Å². The summed E-state index contributed by atoms with van der Waals surface area (Å²) in [6, 6.07) is 0. The molecule has 0 N–H and O–H groups in total. The smallest absolute Gasteiger partial charge is 0.248 e. The van der Waals surface area contributed by atoms with Crippen LogP contribution in [0.4, 0.5) is 0 Å². The number of sulfonamides is 1. The van der Waals surface area contributed by atoms with Gasteiger partial charge in [0.1, 0.15) is 10.6 Å². The van der Waals surface area contributed by atoms with Gasteiger partial charge in [-0.25, -0.2) is 8.42 Å². The Morgan fingerprint density at radius 1 is 1.37 bits per heavy atom. The minimum absolute atomic E-state index is 0.0870. The number of aromatic nitrogens is 1. The fourth-order valence-corrected chi connectivity index (χ4v) is 4.56. The molecule has 0 bridgehead atoms. The number of hydrogen-bond donors (Lipinski definition) is 0. The van der Waals surface area contributed by atoms with Gasteiger partial charge in [-0.05, 0) is 39.5 Å². The predicted octanol–water partition coefficient (Wildman–Crippen LogP) is 2.32. The van der Waals surface area contributed by atoms with Gasteiger partial charge in [-0.2, -0.15) is 4.31 Å². The van der Waals surface area contributed by atoms with Crippen LogP contribution in [-0.4, -0.2) is 36.3 Å². The summed E-state index contributed by atoms with van der Waals surface area (Å²) in [5, 5.41) is 3.81. The van der Waals surface area contributed by atoms with Crippen molar-refractivity contribution >= 4 is 21.6 Å². The Kier molecular flexibility index (Phi) is 4.23. The number of alkyl halides is 1. The zero-order valence-corrected chi connectivity index (χ0v) is 13.0. The van der Waals surface area contributed by atoms with Crippen LogP contribution >= 0.6 is 11.6 Å². The lowest BCUT2D eigenvalue weighted by Crippen LogP contribution is -2.40. The van der Waals surface area contributed by atoms with E-state index in [1.165, 1.54) is 4.31 Å². The lowest BCUT2D eigenvalue weighted by molar-refractivity contribution is 0.271. The number of nitrogens with zero attached hydrogens (tertiary/aromatic N) is 2. The molecular weight excluding hydrogens is 288 g/mol. The van der Waals surface area contributed by atoms with Gasteiger partial charge in [-0.1, -0.05) is 5.16 Å². The van der Waals surface area contributed by atoms with Crippen molar-refractivity contribution in [2.45, 2.75) is 43.9 Å². The van der Waals surface area contributed by atoms with E-state index in [1.807, 2.05) is 6.92 Å². The summed E-state index contributed by atoms with van der Waals surface area (Å²) >= 11 is 6.08. The number of halogens is 1. The highest BCUT2D eigenvalue weighted by Crippen LogP contribution is 2.29. The molecule has 0 radical (unpaired) electrons. The standard InChI is InChI=1S/C12H19ClN2O3S/c1-8(13)11-4-6-15(7-5-11)19(16,17)12-9(2)14-18-10(12)3/h8,11H,4-7H2,1-3H3. The monoisotopic (exact) mass is 306 g/mol. The third kappa shape index (κ3) is 2.80. The largest absolute Gasteiger partial charge is 0.360 e. The second kappa shape index (κ2) is 5.42. The second-order valence-electron chi connectivity index (χ2n) is 5.07. The van der Waals surface area contributed by atoms with Crippen LogP contribution < -0.4 is 0 Å². The van der Waals surface area contributed by atoms with E-state index in [0.717, 1.165) is 12.8 Å². The molecule has 0 saturated carbocycles. The molecule has 1 aromatic rings. The molecule has 1 aromatic heterocycles. The van der Waals surface area contributed by atoms with E-state index in [-0.39, 0.29) is 10.3 Å². The molecule has 1 unspecified atom stereocenters. The Labute approximate surface area is 118 Å². The van der Waals surface area contributed by atoms with Crippen molar-refractivity contribution in [3.63, 3.8) is 0 Å². The normalized spacial score (nSPS) is 20.6. The van der Waals surface area contributed by atoms with Crippen LogP contribution in [-0.2, 0) is 10.0 Å². The average Bonchev–Trinajstić information content (AvgIpc) is 2.69. The SMILES string of the molecule is Cc1noc(C)c1S(=O)(=O)N1CCC(C(C)Cl)CC1. The fraction of sp³-hybridized carbons (Fsp3) is 0.750. The van der Waals surface area contributed by atoms with E-state index in [2.05, 4.69) is 5.16 Å². The summed E-state index contributed by atoms with van der Waals surface area (Å²) in [5.41, 5.74) is 0.422. The second-order valence-corrected chi connectivity index (χ2v) is 7.64. The maximum atomic E-state index is 12.6. The average molecular weight is 307 g/mol. The Bertz CT molecular complexity index is 526. The molecule has 1 atom stereocenters. The maximum Gasteiger partial charge on any atom is 0.248 e. The molecule has 2 heterocycles. The minimum atomic E-state index is -3.50. The molecule has 108 valence electrons. The number of rotatable bonds is 3. The van der Waals surface area contributed by atoms with Crippen molar-refractivity contribution in [2.75, 3.05) is 13.1 Å². The van der Waals surface area contributed by atoms with Gasteiger partial charge in [-0.3, -0.25) is 0 Å². The molecule has 1 aliphatic heterocycles. The quantitative estimate of drug-likeness (QED) is 0.804. The molecule has 0 aliphatic carbocycles. The summed E-state index contributed by atoms with van der Waals surface area (Å²) in [5.74, 6) is 0.739. The van der Waals surface area contributed by atoms with Gasteiger partial charge in [0.2, 0.25) is 10.0 Å². The first-order valence-electron chi connectivity index (χ1n) is 6.41. The first-order valence-corrected chi connectivity index (χ1v) is 8.28. The minimum Gasteiger partial charge on any atom is -0.360 e. The molecular formula is C12H19ClN2O3S. The van der Waals surface area contributed by atoms with E-state index in [0.29, 0.717) is 30.5 Å². The highest BCUT2D eigenvalue weighted by atomic mass is 35.5. The highest BCUT2D eigenvalue weighted by Gasteiger charge is 2.34. The Balaban J connectivity index is 2.19. The summed E-state index contributed by atoms with van der Waals surface area (Å²) in [4.78, 5) is 0.213. The van der Waals surface area contributed by atoms with Gasteiger partial charge in [-0.15, -0.1) is 11.6 Å². The molecule has 0 aromatic carbocycles. The van der Waals surface area contributed by atoms with Gasteiger partial charge in [0.25, 0.3) is 0 Å². The van der Waals surface area contributed by atoms with Crippen molar-refractivity contribution < 1.29 is 12.9 Å². The highest BCUT2D eigenvalue weighted by molar-refractivity contribution is 7.89. The van der Waals surface area contributed by atoms with Crippen LogP contribution in [0.15, 0.2) is 9.42 Å². The fourth-order valence-electron chi connectivity index (χ4n) is 2.55. The molecule has 7 heteroatoms.